The number of aryl methyl sites for hydroxylation is 3. The van der Waals surface area contributed by atoms with Crippen LogP contribution in [0.5, 0.6) is 0 Å². The fourth-order valence-electron chi connectivity index (χ4n) is 4.26. The SMILES string of the molecule is CCN(CCCNC(=O)CCn1cnc2sc3c(c2c1=O)CCCC3)c1ccccc1. The van der Waals surface area contributed by atoms with Crippen LogP contribution < -0.4 is 15.8 Å². The van der Waals surface area contributed by atoms with Gasteiger partial charge in [0.25, 0.3) is 5.56 Å². The molecule has 3 aromatic rings. The second-order valence-corrected chi connectivity index (χ2v) is 9.09. The Kier molecular flexibility index (Phi) is 7.02. The van der Waals surface area contributed by atoms with E-state index in [1.54, 1.807) is 22.2 Å². The first kappa shape index (κ1) is 21.6. The molecule has 0 saturated heterocycles. The Hall–Kier alpha value is -2.67. The molecule has 7 heteroatoms. The number of aromatic nitrogens is 2. The lowest BCUT2D eigenvalue weighted by Crippen LogP contribution is -2.31. The van der Waals surface area contributed by atoms with Crippen molar-refractivity contribution >= 4 is 33.1 Å². The van der Waals surface area contributed by atoms with Gasteiger partial charge < -0.3 is 10.2 Å². The minimum absolute atomic E-state index is 0.00125. The molecule has 2 heterocycles. The number of carbonyl (C=O) groups excluding carboxylic acids is 1. The lowest BCUT2D eigenvalue weighted by molar-refractivity contribution is -0.121. The van der Waals surface area contributed by atoms with Gasteiger partial charge in [0, 0.05) is 43.2 Å². The van der Waals surface area contributed by atoms with Crippen LogP contribution in [0, 0.1) is 0 Å². The molecule has 0 aliphatic heterocycles. The van der Waals surface area contributed by atoms with Crippen molar-refractivity contribution < 1.29 is 4.79 Å². The van der Waals surface area contributed by atoms with E-state index in [1.165, 1.54) is 22.5 Å². The zero-order chi connectivity index (χ0) is 21.6. The number of carbonyl (C=O) groups is 1. The van der Waals surface area contributed by atoms with Crippen LogP contribution in [0.25, 0.3) is 10.2 Å². The molecule has 0 atom stereocenters. The average molecular weight is 439 g/mol. The highest BCUT2D eigenvalue weighted by molar-refractivity contribution is 7.18. The van der Waals surface area contributed by atoms with E-state index in [0.717, 1.165) is 49.0 Å². The molecule has 1 amide bonds. The Balaban J connectivity index is 1.28. The minimum atomic E-state index is -0.0258. The molecular formula is C24H30N4O2S. The van der Waals surface area contributed by atoms with E-state index in [4.69, 9.17) is 0 Å². The summed E-state index contributed by atoms with van der Waals surface area (Å²) in [5, 5.41) is 3.77. The molecule has 2 aromatic heterocycles. The van der Waals surface area contributed by atoms with E-state index in [2.05, 4.69) is 34.3 Å². The third kappa shape index (κ3) is 4.98. The van der Waals surface area contributed by atoms with Crippen molar-refractivity contribution in [1.82, 2.24) is 14.9 Å². The Morgan fingerprint density at radius 3 is 2.84 bits per heavy atom. The summed E-state index contributed by atoms with van der Waals surface area (Å²) in [6, 6.07) is 10.3. The van der Waals surface area contributed by atoms with Crippen LogP contribution in [0.4, 0.5) is 5.69 Å². The highest BCUT2D eigenvalue weighted by Gasteiger charge is 2.20. The first-order chi connectivity index (χ1) is 15.2. The van der Waals surface area contributed by atoms with Crippen molar-refractivity contribution in [3.63, 3.8) is 0 Å². The van der Waals surface area contributed by atoms with Crippen LogP contribution in [0.15, 0.2) is 41.5 Å². The standard InChI is InChI=1S/C24H30N4O2S/c1-2-27(18-9-4-3-5-10-18)15-8-14-25-21(29)13-16-28-17-26-23-22(24(28)30)19-11-6-7-12-20(19)31-23/h3-5,9-10,17H,2,6-8,11-16H2,1H3,(H,25,29). The quantitative estimate of drug-likeness (QED) is 0.517. The first-order valence-corrected chi connectivity index (χ1v) is 12.1. The molecule has 0 radical (unpaired) electrons. The molecular weight excluding hydrogens is 408 g/mol. The summed E-state index contributed by atoms with van der Waals surface area (Å²) in [4.78, 5) is 34.2. The molecule has 31 heavy (non-hydrogen) atoms. The number of amides is 1. The summed E-state index contributed by atoms with van der Waals surface area (Å²) >= 11 is 1.66. The van der Waals surface area contributed by atoms with Crippen LogP contribution in [0.1, 0.15) is 43.0 Å². The van der Waals surface area contributed by atoms with Gasteiger partial charge in [-0.05, 0) is 56.7 Å². The van der Waals surface area contributed by atoms with Gasteiger partial charge in [0.1, 0.15) is 4.83 Å². The molecule has 1 aromatic carbocycles. The van der Waals surface area contributed by atoms with Crippen molar-refractivity contribution in [2.45, 2.75) is 52.0 Å². The van der Waals surface area contributed by atoms with Crippen LogP contribution in [0.2, 0.25) is 0 Å². The number of benzene rings is 1. The normalized spacial score (nSPS) is 13.2. The summed E-state index contributed by atoms with van der Waals surface area (Å²) in [5.74, 6) is -0.0258. The van der Waals surface area contributed by atoms with Crippen LogP contribution in [0.3, 0.4) is 0 Å². The number of para-hydroxylation sites is 1. The van der Waals surface area contributed by atoms with E-state index in [0.29, 0.717) is 13.1 Å². The number of hydrogen-bond donors (Lipinski definition) is 1. The third-order valence-corrected chi connectivity index (χ3v) is 7.15. The van der Waals surface area contributed by atoms with E-state index in [-0.39, 0.29) is 17.9 Å². The molecule has 164 valence electrons. The average Bonchev–Trinajstić information content (AvgIpc) is 3.18. The number of fused-ring (bicyclic) bond motifs is 3. The van der Waals surface area contributed by atoms with Gasteiger partial charge in [-0.2, -0.15) is 0 Å². The highest BCUT2D eigenvalue weighted by atomic mass is 32.1. The second-order valence-electron chi connectivity index (χ2n) is 8.00. The predicted molar refractivity (Wildman–Crippen MR) is 127 cm³/mol. The number of anilines is 1. The van der Waals surface area contributed by atoms with Gasteiger partial charge in [0.2, 0.25) is 5.91 Å². The minimum Gasteiger partial charge on any atom is -0.372 e. The number of hydrogen-bond acceptors (Lipinski definition) is 5. The molecule has 1 N–H and O–H groups in total. The van der Waals surface area contributed by atoms with Gasteiger partial charge in [-0.3, -0.25) is 14.2 Å². The summed E-state index contributed by atoms with van der Waals surface area (Å²) in [6.07, 6.45) is 7.11. The topological polar surface area (TPSA) is 67.2 Å². The smallest absolute Gasteiger partial charge is 0.262 e. The van der Waals surface area contributed by atoms with Gasteiger partial charge in [-0.1, -0.05) is 18.2 Å². The van der Waals surface area contributed by atoms with Crippen molar-refractivity contribution in [1.29, 1.82) is 0 Å². The van der Waals surface area contributed by atoms with E-state index in [1.807, 2.05) is 18.2 Å². The summed E-state index contributed by atoms with van der Waals surface area (Å²) < 4.78 is 1.59. The fourth-order valence-corrected chi connectivity index (χ4v) is 5.48. The maximum atomic E-state index is 13.0. The maximum absolute atomic E-state index is 13.0. The molecule has 0 saturated carbocycles. The Morgan fingerprint density at radius 1 is 1.23 bits per heavy atom. The molecule has 0 fully saturated rings. The van der Waals surface area contributed by atoms with Crippen LogP contribution in [-0.2, 0) is 24.2 Å². The van der Waals surface area contributed by atoms with Gasteiger partial charge in [0.15, 0.2) is 0 Å². The van der Waals surface area contributed by atoms with Gasteiger partial charge in [0.05, 0.1) is 11.7 Å². The Morgan fingerprint density at radius 2 is 2.03 bits per heavy atom. The molecule has 0 spiro atoms. The highest BCUT2D eigenvalue weighted by Crippen LogP contribution is 2.33. The van der Waals surface area contributed by atoms with Gasteiger partial charge >= 0.3 is 0 Å². The number of nitrogens with zero attached hydrogens (tertiary/aromatic N) is 3. The van der Waals surface area contributed by atoms with Crippen molar-refractivity contribution in [3.05, 3.63) is 57.5 Å². The third-order valence-electron chi connectivity index (χ3n) is 5.95. The second kappa shape index (κ2) is 10.1. The molecule has 0 unspecified atom stereocenters. The molecule has 4 rings (SSSR count). The maximum Gasteiger partial charge on any atom is 0.262 e. The molecule has 6 nitrogen and oxygen atoms in total. The van der Waals surface area contributed by atoms with Crippen molar-refractivity contribution in [2.75, 3.05) is 24.5 Å². The number of rotatable bonds is 9. The number of thiophene rings is 1. The zero-order valence-corrected chi connectivity index (χ0v) is 18.9. The largest absolute Gasteiger partial charge is 0.372 e. The van der Waals surface area contributed by atoms with Crippen LogP contribution >= 0.6 is 11.3 Å². The monoisotopic (exact) mass is 438 g/mol. The molecule has 1 aliphatic carbocycles. The fraction of sp³-hybridized carbons (Fsp3) is 0.458. The van der Waals surface area contributed by atoms with Crippen molar-refractivity contribution in [3.8, 4) is 0 Å². The summed E-state index contributed by atoms with van der Waals surface area (Å²) in [7, 11) is 0. The Bertz CT molecular complexity index is 1090. The van der Waals surface area contributed by atoms with E-state index < -0.39 is 0 Å². The van der Waals surface area contributed by atoms with Gasteiger partial charge in [-0.15, -0.1) is 11.3 Å². The number of nitrogens with one attached hydrogen (secondary N) is 1. The molecule has 1 aliphatic rings. The first-order valence-electron chi connectivity index (χ1n) is 11.2. The zero-order valence-electron chi connectivity index (χ0n) is 18.1. The summed E-state index contributed by atoms with van der Waals surface area (Å²) in [6.45, 7) is 4.96. The van der Waals surface area contributed by atoms with Crippen LogP contribution in [-0.4, -0.2) is 35.1 Å². The molecule has 0 bridgehead atoms. The Labute approximate surface area is 186 Å². The lowest BCUT2D eigenvalue weighted by Gasteiger charge is -2.23. The summed E-state index contributed by atoms with van der Waals surface area (Å²) in [5.41, 5.74) is 2.40. The van der Waals surface area contributed by atoms with Crippen molar-refractivity contribution in [2.24, 2.45) is 0 Å². The van der Waals surface area contributed by atoms with E-state index in [9.17, 15) is 9.59 Å². The predicted octanol–water partition coefficient (Wildman–Crippen LogP) is 3.76. The lowest BCUT2D eigenvalue weighted by atomic mass is 9.97. The van der Waals surface area contributed by atoms with E-state index >= 15 is 0 Å². The van der Waals surface area contributed by atoms with Gasteiger partial charge in [-0.25, -0.2) is 4.98 Å².